The van der Waals surface area contributed by atoms with Crippen LogP contribution in [0.4, 0.5) is 16.6 Å². The molecule has 0 bridgehead atoms. The first kappa shape index (κ1) is 24.6. The van der Waals surface area contributed by atoms with Crippen molar-refractivity contribution in [3.05, 3.63) is 59.5 Å². The summed E-state index contributed by atoms with van der Waals surface area (Å²) in [6, 6.07) is 10.5. The number of anilines is 2. The van der Waals surface area contributed by atoms with Crippen LogP contribution in [0, 0.1) is 5.92 Å². The molecule has 10 nitrogen and oxygen atoms in total. The van der Waals surface area contributed by atoms with Gasteiger partial charge in [-0.1, -0.05) is 42.5 Å². The second-order valence-electron chi connectivity index (χ2n) is 11.0. The molecule has 1 aromatic carbocycles. The van der Waals surface area contributed by atoms with Gasteiger partial charge in [-0.3, -0.25) is 0 Å². The van der Waals surface area contributed by atoms with E-state index in [1.165, 1.54) is 11.3 Å². The third-order valence-electron chi connectivity index (χ3n) is 8.02. The predicted molar refractivity (Wildman–Crippen MR) is 144 cm³/mol. The molecule has 3 aromatic rings. The van der Waals surface area contributed by atoms with Gasteiger partial charge in [-0.15, -0.1) is 5.10 Å². The molecule has 2 atom stereocenters. The molecule has 200 valence electrons. The predicted octanol–water partition coefficient (Wildman–Crippen LogP) is 3.90. The number of fused-ring (bicyclic) bond motifs is 1. The van der Waals surface area contributed by atoms with E-state index < -0.39 is 0 Å². The van der Waals surface area contributed by atoms with Gasteiger partial charge >= 0.3 is 6.09 Å². The van der Waals surface area contributed by atoms with Crippen LogP contribution in [0.25, 0.3) is 0 Å². The molecule has 0 spiro atoms. The van der Waals surface area contributed by atoms with Crippen molar-refractivity contribution in [2.75, 3.05) is 23.3 Å². The van der Waals surface area contributed by atoms with E-state index in [9.17, 15) is 4.79 Å². The fourth-order valence-electron chi connectivity index (χ4n) is 5.83. The van der Waals surface area contributed by atoms with E-state index in [0.29, 0.717) is 23.9 Å². The summed E-state index contributed by atoms with van der Waals surface area (Å²) in [6.07, 6.45) is 10.3. The van der Waals surface area contributed by atoms with Gasteiger partial charge in [-0.05, 0) is 56.4 Å². The third-order valence-corrected chi connectivity index (χ3v) is 8.02. The summed E-state index contributed by atoms with van der Waals surface area (Å²) in [4.78, 5) is 24.9. The van der Waals surface area contributed by atoms with E-state index in [1.54, 1.807) is 6.20 Å². The van der Waals surface area contributed by atoms with Crippen LogP contribution >= 0.6 is 0 Å². The van der Waals surface area contributed by atoms with Gasteiger partial charge in [-0.25, -0.2) is 14.5 Å². The maximum Gasteiger partial charge on any atom is 0.407 e. The lowest BCUT2D eigenvalue weighted by Gasteiger charge is -2.38. The van der Waals surface area contributed by atoms with Crippen LogP contribution in [0.2, 0.25) is 0 Å². The van der Waals surface area contributed by atoms with Gasteiger partial charge in [0.1, 0.15) is 12.4 Å². The average molecular weight is 517 g/mol. The van der Waals surface area contributed by atoms with Crippen molar-refractivity contribution >= 4 is 17.9 Å². The standard InChI is InChI=1S/C28H36N8O2/c1-19-9-10-24-25(14-19)32-27(30-22-15-23(16-22)36-13-11-29-34-36)33-26(24)35-12-5-8-21(17-35)31-28(37)38-18-20-6-3-2-4-7-20/h2-4,6-7,11,13,19,21-23H,5,8-10,12,14-18H2,1H3,(H,31,37)(H,30,32,33). The minimum Gasteiger partial charge on any atom is -0.445 e. The van der Waals surface area contributed by atoms with Crippen molar-refractivity contribution in [2.24, 2.45) is 5.92 Å². The zero-order chi connectivity index (χ0) is 25.9. The fraction of sp³-hybridized carbons (Fsp3) is 0.536. The number of carbonyl (C=O) groups excluding carboxylic acids is 1. The Morgan fingerprint density at radius 3 is 2.82 bits per heavy atom. The van der Waals surface area contributed by atoms with Gasteiger partial charge in [-0.2, -0.15) is 4.98 Å². The SMILES string of the molecule is CC1CCc2c(nc(NC3CC(n4ccnn4)C3)nc2N2CCCC(NC(=O)OCc3ccccc3)C2)C1. The minimum absolute atomic E-state index is 0.0200. The summed E-state index contributed by atoms with van der Waals surface area (Å²) >= 11 is 0. The average Bonchev–Trinajstić information content (AvgIpc) is 3.44. The third kappa shape index (κ3) is 5.58. The number of carbonyl (C=O) groups is 1. The van der Waals surface area contributed by atoms with Crippen LogP contribution in [0.3, 0.4) is 0 Å². The highest BCUT2D eigenvalue weighted by Gasteiger charge is 2.33. The summed E-state index contributed by atoms with van der Waals surface area (Å²) in [5, 5.41) is 14.7. The van der Waals surface area contributed by atoms with Crippen LogP contribution < -0.4 is 15.5 Å². The molecule has 10 heteroatoms. The molecule has 0 radical (unpaired) electrons. The highest BCUT2D eigenvalue weighted by Crippen LogP contribution is 2.36. The monoisotopic (exact) mass is 516 g/mol. The molecule has 6 rings (SSSR count). The van der Waals surface area contributed by atoms with E-state index in [-0.39, 0.29) is 18.7 Å². The summed E-state index contributed by atoms with van der Waals surface area (Å²) in [6.45, 7) is 4.22. The van der Waals surface area contributed by atoms with Crippen LogP contribution in [-0.4, -0.2) is 56.2 Å². The Balaban J connectivity index is 1.12. The highest BCUT2D eigenvalue weighted by molar-refractivity contribution is 5.68. The second-order valence-corrected chi connectivity index (χ2v) is 11.0. The molecular formula is C28H36N8O2. The topological polar surface area (TPSA) is 110 Å². The number of amides is 1. The van der Waals surface area contributed by atoms with Gasteiger partial charge in [0.15, 0.2) is 0 Å². The smallest absolute Gasteiger partial charge is 0.407 e. The Hall–Kier alpha value is -3.69. The normalized spacial score (nSPS) is 24.7. The first-order valence-corrected chi connectivity index (χ1v) is 13.8. The molecule has 2 unspecified atom stereocenters. The first-order chi connectivity index (χ1) is 18.6. The molecule has 3 heterocycles. The molecule has 2 N–H and O–H groups in total. The maximum absolute atomic E-state index is 12.5. The molecule has 3 aliphatic rings. The Morgan fingerprint density at radius 2 is 2.00 bits per heavy atom. The van der Waals surface area contributed by atoms with Crippen LogP contribution in [-0.2, 0) is 24.2 Å². The van der Waals surface area contributed by atoms with E-state index in [2.05, 4.69) is 32.8 Å². The number of alkyl carbamates (subject to hydrolysis) is 1. The van der Waals surface area contributed by atoms with Crippen LogP contribution in [0.5, 0.6) is 0 Å². The lowest BCUT2D eigenvalue weighted by molar-refractivity contribution is 0.134. The van der Waals surface area contributed by atoms with Crippen LogP contribution in [0.1, 0.15) is 61.9 Å². The number of piperidine rings is 1. The number of hydrogen-bond acceptors (Lipinski definition) is 8. The van der Waals surface area contributed by atoms with E-state index >= 15 is 0 Å². The van der Waals surface area contributed by atoms with Gasteiger partial charge in [0.05, 0.1) is 17.9 Å². The van der Waals surface area contributed by atoms with Crippen molar-refractivity contribution in [1.29, 1.82) is 0 Å². The molecule has 1 saturated heterocycles. The quantitative estimate of drug-likeness (QED) is 0.487. The largest absolute Gasteiger partial charge is 0.445 e. The Kier molecular flexibility index (Phi) is 7.11. The number of benzene rings is 1. The number of rotatable bonds is 7. The highest BCUT2D eigenvalue weighted by atomic mass is 16.5. The van der Waals surface area contributed by atoms with Crippen LogP contribution in [0.15, 0.2) is 42.7 Å². The summed E-state index contributed by atoms with van der Waals surface area (Å²) in [7, 11) is 0. The second kappa shape index (κ2) is 11.0. The number of hydrogen-bond donors (Lipinski definition) is 2. The lowest BCUT2D eigenvalue weighted by Crippen LogP contribution is -2.48. The van der Waals surface area contributed by atoms with E-state index in [1.807, 2.05) is 41.2 Å². The molecule has 2 aromatic heterocycles. The number of aromatic nitrogens is 5. The minimum atomic E-state index is -0.367. The van der Waals surface area contributed by atoms with E-state index in [0.717, 1.165) is 69.4 Å². The van der Waals surface area contributed by atoms with Crippen molar-refractivity contribution in [1.82, 2.24) is 30.3 Å². The summed E-state index contributed by atoms with van der Waals surface area (Å²) in [5.74, 6) is 2.36. The molecule has 2 aliphatic carbocycles. The maximum atomic E-state index is 12.5. The first-order valence-electron chi connectivity index (χ1n) is 13.8. The summed E-state index contributed by atoms with van der Waals surface area (Å²) < 4.78 is 7.41. The molecule has 1 aliphatic heterocycles. The number of ether oxygens (including phenoxy) is 1. The van der Waals surface area contributed by atoms with Crippen molar-refractivity contribution in [3.8, 4) is 0 Å². The Bertz CT molecular complexity index is 1230. The number of nitrogens with zero attached hydrogens (tertiary/aromatic N) is 6. The summed E-state index contributed by atoms with van der Waals surface area (Å²) in [5.41, 5.74) is 3.42. The van der Waals surface area contributed by atoms with E-state index in [4.69, 9.17) is 14.7 Å². The molecule has 1 saturated carbocycles. The fourth-order valence-corrected chi connectivity index (χ4v) is 5.83. The Labute approximate surface area is 223 Å². The number of nitrogens with one attached hydrogen (secondary N) is 2. The van der Waals surface area contributed by atoms with Crippen molar-refractivity contribution in [2.45, 2.75) is 76.6 Å². The zero-order valence-corrected chi connectivity index (χ0v) is 21.9. The Morgan fingerprint density at radius 1 is 1.13 bits per heavy atom. The van der Waals surface area contributed by atoms with Crippen molar-refractivity contribution in [3.63, 3.8) is 0 Å². The van der Waals surface area contributed by atoms with Crippen molar-refractivity contribution < 1.29 is 9.53 Å². The molecule has 1 amide bonds. The molecule has 38 heavy (non-hydrogen) atoms. The van der Waals surface area contributed by atoms with Gasteiger partial charge in [0.2, 0.25) is 5.95 Å². The van der Waals surface area contributed by atoms with Gasteiger partial charge < -0.3 is 20.3 Å². The van der Waals surface area contributed by atoms with Gasteiger partial charge in [0.25, 0.3) is 0 Å². The molecule has 2 fully saturated rings. The zero-order valence-electron chi connectivity index (χ0n) is 21.9. The van der Waals surface area contributed by atoms with Gasteiger partial charge in [0, 0.05) is 36.9 Å². The lowest BCUT2D eigenvalue weighted by atomic mass is 9.86. The molecular weight excluding hydrogens is 480 g/mol.